The Morgan fingerprint density at radius 1 is 1.33 bits per heavy atom. The van der Waals surface area contributed by atoms with Crippen LogP contribution in [0.1, 0.15) is 11.1 Å². The van der Waals surface area contributed by atoms with Crippen LogP contribution in [-0.2, 0) is 14.6 Å². The molecule has 5 heteroatoms. The van der Waals surface area contributed by atoms with Gasteiger partial charge in [0.1, 0.15) is 0 Å². The van der Waals surface area contributed by atoms with Crippen molar-refractivity contribution >= 4 is 21.9 Å². The zero-order valence-electron chi connectivity index (χ0n) is 7.89. The average molecular weight is 224 g/mol. The molecule has 0 saturated heterocycles. The molecule has 0 fully saturated rings. The van der Waals surface area contributed by atoms with E-state index in [4.69, 9.17) is 5.11 Å². The summed E-state index contributed by atoms with van der Waals surface area (Å²) in [6, 6.07) is 4.84. The van der Waals surface area contributed by atoms with Crippen molar-refractivity contribution in [1.82, 2.24) is 0 Å². The van der Waals surface area contributed by atoms with Gasteiger partial charge in [0.05, 0.1) is 4.90 Å². The second-order valence-corrected chi connectivity index (χ2v) is 5.24. The first kappa shape index (κ1) is 9.92. The van der Waals surface area contributed by atoms with Gasteiger partial charge in [-0.1, -0.05) is 12.1 Å². The quantitative estimate of drug-likeness (QED) is 0.778. The number of rotatable bonds is 1. The minimum Gasteiger partial charge on any atom is -0.477 e. The zero-order chi connectivity index (χ0) is 11.2. The molecule has 0 amide bonds. The molecule has 1 aromatic carbocycles. The van der Waals surface area contributed by atoms with E-state index in [0.29, 0.717) is 5.56 Å². The smallest absolute Gasteiger partial charge is 0.347 e. The van der Waals surface area contributed by atoms with Gasteiger partial charge >= 0.3 is 5.97 Å². The van der Waals surface area contributed by atoms with Crippen LogP contribution >= 0.6 is 0 Å². The molecule has 4 nitrogen and oxygen atoms in total. The Balaban J connectivity index is 2.74. The predicted octanol–water partition coefficient (Wildman–Crippen LogP) is 1.21. The van der Waals surface area contributed by atoms with Crippen molar-refractivity contribution in [2.24, 2.45) is 0 Å². The summed E-state index contributed by atoms with van der Waals surface area (Å²) in [5, 5.41) is 8.74. The molecule has 0 radical (unpaired) electrons. The van der Waals surface area contributed by atoms with E-state index in [9.17, 15) is 13.2 Å². The first-order valence-electron chi connectivity index (χ1n) is 4.23. The van der Waals surface area contributed by atoms with E-state index in [1.165, 1.54) is 12.1 Å². The molecule has 0 aliphatic carbocycles. The van der Waals surface area contributed by atoms with Gasteiger partial charge in [0, 0.05) is 0 Å². The lowest BCUT2D eigenvalue weighted by Crippen LogP contribution is -2.09. The van der Waals surface area contributed by atoms with Crippen molar-refractivity contribution in [1.29, 1.82) is 0 Å². The number of sulfone groups is 1. The van der Waals surface area contributed by atoms with Gasteiger partial charge in [-0.05, 0) is 30.2 Å². The van der Waals surface area contributed by atoms with Crippen LogP contribution in [0, 0.1) is 6.92 Å². The lowest BCUT2D eigenvalue weighted by molar-refractivity contribution is -0.131. The predicted molar refractivity (Wildman–Crippen MR) is 54.0 cm³/mol. The number of carboxylic acids is 1. The van der Waals surface area contributed by atoms with E-state index < -0.39 is 20.7 Å². The highest BCUT2D eigenvalue weighted by atomic mass is 32.2. The average Bonchev–Trinajstić information content (AvgIpc) is 2.39. The standard InChI is InChI=1S/C10H8O4S/c1-6-2-3-7-5-9(10(11)12)15(13,14)8(7)4-6/h2-5H,1H3,(H,11,12). The molecule has 0 atom stereocenters. The Kier molecular flexibility index (Phi) is 1.94. The number of carbonyl (C=O) groups is 1. The molecule has 0 saturated carbocycles. The van der Waals surface area contributed by atoms with Crippen LogP contribution in [0.2, 0.25) is 0 Å². The molecule has 0 unspecified atom stereocenters. The van der Waals surface area contributed by atoms with Crippen LogP contribution in [0.4, 0.5) is 0 Å². The third-order valence-electron chi connectivity index (χ3n) is 2.25. The van der Waals surface area contributed by atoms with Gasteiger partial charge in [0.25, 0.3) is 0 Å². The van der Waals surface area contributed by atoms with Crippen molar-refractivity contribution in [2.75, 3.05) is 0 Å². The monoisotopic (exact) mass is 224 g/mol. The fourth-order valence-electron chi connectivity index (χ4n) is 1.51. The normalized spacial score (nSPS) is 17.0. The molecule has 0 bridgehead atoms. The van der Waals surface area contributed by atoms with Crippen molar-refractivity contribution in [2.45, 2.75) is 11.8 Å². The van der Waals surface area contributed by atoms with Gasteiger partial charge in [0.2, 0.25) is 9.84 Å². The van der Waals surface area contributed by atoms with E-state index in [1.54, 1.807) is 19.1 Å². The van der Waals surface area contributed by atoms with Crippen LogP contribution < -0.4 is 0 Å². The summed E-state index contributed by atoms with van der Waals surface area (Å²) in [6.07, 6.45) is 1.19. The van der Waals surface area contributed by atoms with Gasteiger partial charge in [-0.15, -0.1) is 0 Å². The number of aliphatic carboxylic acids is 1. The summed E-state index contributed by atoms with van der Waals surface area (Å²) in [5.74, 6) is -1.41. The second-order valence-electron chi connectivity index (χ2n) is 3.36. The minimum atomic E-state index is -3.81. The number of benzene rings is 1. The van der Waals surface area contributed by atoms with Crippen molar-refractivity contribution in [3.8, 4) is 0 Å². The molecule has 1 aliphatic rings. The first-order valence-corrected chi connectivity index (χ1v) is 5.72. The highest BCUT2D eigenvalue weighted by molar-refractivity contribution is 7.96. The molecule has 1 N–H and O–H groups in total. The van der Waals surface area contributed by atoms with Gasteiger partial charge < -0.3 is 5.11 Å². The van der Waals surface area contributed by atoms with Gasteiger partial charge in [0.15, 0.2) is 4.91 Å². The van der Waals surface area contributed by atoms with Crippen molar-refractivity contribution < 1.29 is 18.3 Å². The van der Waals surface area contributed by atoms with Crippen LogP contribution in [0.5, 0.6) is 0 Å². The third-order valence-corrected chi connectivity index (χ3v) is 4.05. The summed E-state index contributed by atoms with van der Waals surface area (Å²) in [6.45, 7) is 1.76. The summed E-state index contributed by atoms with van der Waals surface area (Å²) in [5.41, 5.74) is 1.23. The van der Waals surface area contributed by atoms with Gasteiger partial charge in [-0.25, -0.2) is 13.2 Å². The molecular weight excluding hydrogens is 216 g/mol. The number of fused-ring (bicyclic) bond motifs is 1. The lowest BCUT2D eigenvalue weighted by Gasteiger charge is -2.00. The Morgan fingerprint density at radius 3 is 2.60 bits per heavy atom. The van der Waals surface area contributed by atoms with Crippen LogP contribution in [0.3, 0.4) is 0 Å². The Morgan fingerprint density at radius 2 is 2.00 bits per heavy atom. The maximum Gasteiger partial charge on any atom is 0.347 e. The number of aryl methyl sites for hydroxylation is 1. The fraction of sp³-hybridized carbons (Fsp3) is 0.100. The number of hydrogen-bond donors (Lipinski definition) is 1. The zero-order valence-corrected chi connectivity index (χ0v) is 8.71. The molecule has 78 valence electrons. The highest BCUT2D eigenvalue weighted by Gasteiger charge is 2.33. The SMILES string of the molecule is Cc1ccc2c(c1)S(=O)(=O)C(C(=O)O)=C2. The summed E-state index contributed by atoms with van der Waals surface area (Å²) >= 11 is 0. The largest absolute Gasteiger partial charge is 0.477 e. The molecule has 15 heavy (non-hydrogen) atoms. The minimum absolute atomic E-state index is 0.0832. The van der Waals surface area contributed by atoms with Crippen molar-refractivity contribution in [3.05, 3.63) is 34.2 Å². The number of carboxylic acid groups (broad SMARTS) is 1. The molecule has 1 aliphatic heterocycles. The maximum atomic E-state index is 11.7. The van der Waals surface area contributed by atoms with Gasteiger partial charge in [-0.3, -0.25) is 0 Å². The van der Waals surface area contributed by atoms with E-state index in [0.717, 1.165) is 5.56 Å². The molecule has 1 aromatic rings. The fourth-order valence-corrected chi connectivity index (χ4v) is 3.03. The van der Waals surface area contributed by atoms with E-state index in [-0.39, 0.29) is 4.90 Å². The topological polar surface area (TPSA) is 71.4 Å². The van der Waals surface area contributed by atoms with Crippen LogP contribution in [0.25, 0.3) is 6.08 Å². The summed E-state index contributed by atoms with van der Waals surface area (Å²) in [7, 11) is -3.81. The Hall–Kier alpha value is -1.62. The van der Waals surface area contributed by atoms with Gasteiger partial charge in [-0.2, -0.15) is 0 Å². The first-order chi connectivity index (χ1) is 6.93. The van der Waals surface area contributed by atoms with E-state index in [1.807, 2.05) is 0 Å². The van der Waals surface area contributed by atoms with Crippen LogP contribution in [0.15, 0.2) is 28.0 Å². The van der Waals surface area contributed by atoms with E-state index >= 15 is 0 Å². The van der Waals surface area contributed by atoms with E-state index in [2.05, 4.69) is 0 Å². The molecular formula is C10H8O4S. The Labute approximate surface area is 86.8 Å². The Bertz CT molecular complexity index is 581. The second kappa shape index (κ2) is 2.93. The molecule has 2 rings (SSSR count). The lowest BCUT2D eigenvalue weighted by atomic mass is 10.1. The molecule has 1 heterocycles. The molecule has 0 spiro atoms. The highest BCUT2D eigenvalue weighted by Crippen LogP contribution is 2.33. The molecule has 0 aromatic heterocycles. The summed E-state index contributed by atoms with van der Waals surface area (Å²) < 4.78 is 23.5. The maximum absolute atomic E-state index is 11.7. The van der Waals surface area contributed by atoms with Crippen molar-refractivity contribution in [3.63, 3.8) is 0 Å². The third kappa shape index (κ3) is 1.35. The van der Waals surface area contributed by atoms with Crippen LogP contribution in [-0.4, -0.2) is 19.5 Å². The summed E-state index contributed by atoms with van der Waals surface area (Å²) in [4.78, 5) is 10.3. The number of hydrogen-bond acceptors (Lipinski definition) is 3.